The van der Waals surface area contributed by atoms with Crippen LogP contribution >= 0.6 is 15.9 Å². The Morgan fingerprint density at radius 2 is 2.33 bits per heavy atom. The van der Waals surface area contributed by atoms with Crippen LogP contribution in [0.2, 0.25) is 0 Å². The number of aromatic nitrogens is 1. The van der Waals surface area contributed by atoms with Gasteiger partial charge in [-0.05, 0) is 40.1 Å². The fourth-order valence-electron chi connectivity index (χ4n) is 0.834. The molecule has 1 nitrogen and oxygen atoms in total. The molecule has 0 bridgehead atoms. The van der Waals surface area contributed by atoms with Gasteiger partial charge in [0.1, 0.15) is 0 Å². The fraction of sp³-hybridized carbons (Fsp3) is 0.222. The van der Waals surface area contributed by atoms with Gasteiger partial charge in [-0.2, -0.15) is 4.39 Å². The molecule has 0 amide bonds. The van der Waals surface area contributed by atoms with Crippen molar-refractivity contribution < 1.29 is 4.39 Å². The summed E-state index contributed by atoms with van der Waals surface area (Å²) in [6, 6.07) is 2.95. The lowest BCUT2D eigenvalue weighted by Crippen LogP contribution is -1.92. The Morgan fingerprint density at radius 3 is 2.92 bits per heavy atom. The van der Waals surface area contributed by atoms with Gasteiger partial charge in [-0.1, -0.05) is 13.5 Å². The van der Waals surface area contributed by atoms with E-state index in [1.54, 1.807) is 6.07 Å². The zero-order valence-electron chi connectivity index (χ0n) is 6.77. The number of nitrogens with zero attached hydrogens (tertiary/aromatic N) is 1. The van der Waals surface area contributed by atoms with Crippen molar-refractivity contribution >= 4 is 21.5 Å². The van der Waals surface area contributed by atoms with Crippen molar-refractivity contribution in [3.05, 3.63) is 34.8 Å². The van der Waals surface area contributed by atoms with Crippen molar-refractivity contribution in [1.29, 1.82) is 0 Å². The summed E-state index contributed by atoms with van der Waals surface area (Å²) < 4.78 is 13.5. The molecule has 0 aromatic carbocycles. The number of hydrogen-bond donors (Lipinski definition) is 0. The van der Waals surface area contributed by atoms with E-state index < -0.39 is 5.95 Å². The highest BCUT2D eigenvalue weighted by molar-refractivity contribution is 9.10. The first kappa shape index (κ1) is 9.39. The Labute approximate surface area is 79.5 Å². The molecule has 0 saturated carbocycles. The standard InChI is InChI=1S/C9H9BrFN/c1-3-6(2)9-7(10)4-5-8(11)12-9/h4-5H,2-3H2,1H3. The molecule has 0 fully saturated rings. The lowest BCUT2D eigenvalue weighted by molar-refractivity contribution is 0.581. The third-order valence-electron chi connectivity index (χ3n) is 1.57. The average molecular weight is 230 g/mol. The van der Waals surface area contributed by atoms with Crippen LogP contribution in [-0.4, -0.2) is 4.98 Å². The normalized spacial score (nSPS) is 9.92. The predicted octanol–water partition coefficient (Wildman–Crippen LogP) is 3.41. The number of hydrogen-bond acceptors (Lipinski definition) is 1. The molecule has 12 heavy (non-hydrogen) atoms. The monoisotopic (exact) mass is 229 g/mol. The van der Waals surface area contributed by atoms with E-state index in [0.717, 1.165) is 16.5 Å². The Balaban J connectivity index is 3.13. The lowest BCUT2D eigenvalue weighted by atomic mass is 10.1. The first-order chi connectivity index (χ1) is 5.65. The zero-order chi connectivity index (χ0) is 9.14. The summed E-state index contributed by atoms with van der Waals surface area (Å²) >= 11 is 3.28. The summed E-state index contributed by atoms with van der Waals surface area (Å²) in [5, 5.41) is 0. The van der Waals surface area contributed by atoms with Crippen molar-refractivity contribution in [3.8, 4) is 0 Å². The minimum absolute atomic E-state index is 0.470. The van der Waals surface area contributed by atoms with E-state index in [9.17, 15) is 4.39 Å². The van der Waals surface area contributed by atoms with Crippen LogP contribution in [0.25, 0.3) is 5.57 Å². The summed E-state index contributed by atoms with van der Waals surface area (Å²) in [4.78, 5) is 3.73. The molecule has 1 rings (SSSR count). The third-order valence-corrected chi connectivity index (χ3v) is 2.21. The Kier molecular flexibility index (Phi) is 2.98. The molecule has 3 heteroatoms. The molecule has 0 atom stereocenters. The average Bonchev–Trinajstić information content (AvgIpc) is 2.08. The van der Waals surface area contributed by atoms with Crippen molar-refractivity contribution in [1.82, 2.24) is 4.98 Å². The van der Waals surface area contributed by atoms with Crippen molar-refractivity contribution in [3.63, 3.8) is 0 Å². The van der Waals surface area contributed by atoms with Crippen LogP contribution < -0.4 is 0 Å². The van der Waals surface area contributed by atoms with E-state index in [1.165, 1.54) is 6.07 Å². The number of halogens is 2. The first-order valence-electron chi connectivity index (χ1n) is 3.65. The maximum Gasteiger partial charge on any atom is 0.213 e. The number of pyridine rings is 1. The van der Waals surface area contributed by atoms with Crippen molar-refractivity contribution in [2.45, 2.75) is 13.3 Å². The molecule has 0 saturated heterocycles. The Morgan fingerprint density at radius 1 is 1.67 bits per heavy atom. The molecular weight excluding hydrogens is 221 g/mol. The molecule has 1 heterocycles. The van der Waals surface area contributed by atoms with Gasteiger partial charge in [0.2, 0.25) is 5.95 Å². The van der Waals surface area contributed by atoms with Crippen LogP contribution in [0.5, 0.6) is 0 Å². The molecule has 0 aliphatic heterocycles. The molecule has 0 N–H and O–H groups in total. The largest absolute Gasteiger partial charge is 0.219 e. The molecule has 0 aliphatic rings. The van der Waals surface area contributed by atoms with Crippen LogP contribution in [-0.2, 0) is 0 Å². The van der Waals surface area contributed by atoms with Gasteiger partial charge in [0.15, 0.2) is 0 Å². The van der Waals surface area contributed by atoms with E-state index >= 15 is 0 Å². The van der Waals surface area contributed by atoms with Crippen LogP contribution in [0.1, 0.15) is 19.0 Å². The lowest BCUT2D eigenvalue weighted by Gasteiger charge is -2.03. The topological polar surface area (TPSA) is 12.9 Å². The second kappa shape index (κ2) is 3.81. The van der Waals surface area contributed by atoms with E-state index in [4.69, 9.17) is 0 Å². The maximum absolute atomic E-state index is 12.7. The number of rotatable bonds is 2. The molecule has 1 aromatic heterocycles. The van der Waals surface area contributed by atoms with Gasteiger partial charge >= 0.3 is 0 Å². The van der Waals surface area contributed by atoms with E-state index in [0.29, 0.717) is 5.69 Å². The molecule has 0 aliphatic carbocycles. The van der Waals surface area contributed by atoms with Gasteiger partial charge in [0, 0.05) is 4.47 Å². The Hall–Kier alpha value is -0.700. The van der Waals surface area contributed by atoms with Crippen LogP contribution in [0.3, 0.4) is 0 Å². The Bertz CT molecular complexity index is 309. The summed E-state index contributed by atoms with van der Waals surface area (Å²) in [5.41, 5.74) is 1.44. The van der Waals surface area contributed by atoms with Gasteiger partial charge in [0.05, 0.1) is 5.69 Å². The fourth-order valence-corrected chi connectivity index (χ4v) is 1.33. The summed E-state index contributed by atoms with van der Waals surface area (Å²) in [7, 11) is 0. The van der Waals surface area contributed by atoms with Crippen LogP contribution in [0, 0.1) is 5.95 Å². The highest BCUT2D eigenvalue weighted by Gasteiger charge is 2.05. The highest BCUT2D eigenvalue weighted by atomic mass is 79.9. The highest BCUT2D eigenvalue weighted by Crippen LogP contribution is 2.22. The van der Waals surface area contributed by atoms with Crippen LogP contribution in [0.15, 0.2) is 23.2 Å². The van der Waals surface area contributed by atoms with Gasteiger partial charge in [0.25, 0.3) is 0 Å². The second-order valence-corrected chi connectivity index (χ2v) is 3.28. The number of allylic oxidation sites excluding steroid dienone is 1. The summed E-state index contributed by atoms with van der Waals surface area (Å²) in [5.74, 6) is -0.470. The van der Waals surface area contributed by atoms with Crippen molar-refractivity contribution in [2.75, 3.05) is 0 Å². The molecule has 0 spiro atoms. The zero-order valence-corrected chi connectivity index (χ0v) is 8.36. The van der Waals surface area contributed by atoms with Gasteiger partial charge in [-0.25, -0.2) is 4.98 Å². The molecule has 0 unspecified atom stereocenters. The smallest absolute Gasteiger partial charge is 0.213 e. The van der Waals surface area contributed by atoms with Gasteiger partial charge in [-0.3, -0.25) is 0 Å². The molecular formula is C9H9BrFN. The minimum Gasteiger partial charge on any atom is -0.219 e. The maximum atomic E-state index is 12.7. The second-order valence-electron chi connectivity index (χ2n) is 2.42. The van der Waals surface area contributed by atoms with Gasteiger partial charge < -0.3 is 0 Å². The predicted molar refractivity (Wildman–Crippen MR) is 51.2 cm³/mol. The summed E-state index contributed by atoms with van der Waals surface area (Å²) in [6.45, 7) is 5.75. The summed E-state index contributed by atoms with van der Waals surface area (Å²) in [6.07, 6.45) is 0.773. The third kappa shape index (κ3) is 1.91. The first-order valence-corrected chi connectivity index (χ1v) is 4.44. The molecule has 0 radical (unpaired) electrons. The van der Waals surface area contributed by atoms with E-state index in [-0.39, 0.29) is 0 Å². The quantitative estimate of drug-likeness (QED) is 0.709. The van der Waals surface area contributed by atoms with Crippen molar-refractivity contribution in [2.24, 2.45) is 0 Å². The van der Waals surface area contributed by atoms with Gasteiger partial charge in [-0.15, -0.1) is 0 Å². The van der Waals surface area contributed by atoms with E-state index in [1.807, 2.05) is 6.92 Å². The molecule has 64 valence electrons. The van der Waals surface area contributed by atoms with E-state index in [2.05, 4.69) is 27.5 Å². The van der Waals surface area contributed by atoms with Crippen LogP contribution in [0.4, 0.5) is 4.39 Å². The SMILES string of the molecule is C=C(CC)c1nc(F)ccc1Br. The minimum atomic E-state index is -0.470. The molecule has 1 aromatic rings.